The fourth-order valence-electron chi connectivity index (χ4n) is 2.13. The Morgan fingerprint density at radius 3 is 2.82 bits per heavy atom. The van der Waals surface area contributed by atoms with Gasteiger partial charge in [0.05, 0.1) is 16.4 Å². The molecule has 2 heterocycles. The van der Waals surface area contributed by atoms with Crippen molar-refractivity contribution in [3.8, 4) is 0 Å². The Kier molecular flexibility index (Phi) is 3.53. The van der Waals surface area contributed by atoms with E-state index in [9.17, 15) is 13.2 Å². The first kappa shape index (κ1) is 12.6. The minimum atomic E-state index is -2.94. The van der Waals surface area contributed by atoms with Gasteiger partial charge >= 0.3 is 0 Å². The van der Waals surface area contributed by atoms with Gasteiger partial charge in [-0.25, -0.2) is 8.42 Å². The molecular formula is C11H15NO3S2. The van der Waals surface area contributed by atoms with Gasteiger partial charge in [0.1, 0.15) is 0 Å². The van der Waals surface area contributed by atoms with E-state index in [0.717, 1.165) is 0 Å². The second-order valence-corrected chi connectivity index (χ2v) is 7.30. The van der Waals surface area contributed by atoms with Crippen molar-refractivity contribution >= 4 is 27.1 Å². The summed E-state index contributed by atoms with van der Waals surface area (Å²) < 4.78 is 22.9. The number of carbonyl (C=O) groups is 1. The van der Waals surface area contributed by atoms with Crippen molar-refractivity contribution in [2.75, 3.05) is 18.1 Å². The third kappa shape index (κ3) is 2.69. The maximum Gasteiger partial charge on any atom is 0.264 e. The lowest BCUT2D eigenvalue weighted by Crippen LogP contribution is -2.40. The zero-order chi connectivity index (χ0) is 12.5. The normalized spacial score (nSPS) is 22.5. The van der Waals surface area contributed by atoms with E-state index in [2.05, 4.69) is 0 Å². The zero-order valence-electron chi connectivity index (χ0n) is 9.63. The van der Waals surface area contributed by atoms with E-state index in [0.29, 0.717) is 17.8 Å². The van der Waals surface area contributed by atoms with Crippen molar-refractivity contribution in [2.24, 2.45) is 0 Å². The average molecular weight is 273 g/mol. The Labute approximate surface area is 105 Å². The highest BCUT2D eigenvalue weighted by Crippen LogP contribution is 2.21. The molecule has 6 heteroatoms. The predicted molar refractivity (Wildman–Crippen MR) is 68.1 cm³/mol. The molecule has 1 atom stereocenters. The van der Waals surface area contributed by atoms with Gasteiger partial charge in [0.15, 0.2) is 9.84 Å². The minimum Gasteiger partial charge on any atom is -0.334 e. The fraction of sp³-hybridized carbons (Fsp3) is 0.545. The van der Waals surface area contributed by atoms with E-state index in [4.69, 9.17) is 0 Å². The van der Waals surface area contributed by atoms with E-state index in [-0.39, 0.29) is 23.5 Å². The van der Waals surface area contributed by atoms with Crippen LogP contribution in [0.4, 0.5) is 0 Å². The van der Waals surface area contributed by atoms with Crippen molar-refractivity contribution in [2.45, 2.75) is 19.4 Å². The van der Waals surface area contributed by atoms with Crippen LogP contribution in [-0.4, -0.2) is 43.3 Å². The SMILES string of the molecule is CCN(C(=O)c1cccs1)[C@@H]1CCS(=O)(=O)C1. The first-order valence-corrected chi connectivity index (χ1v) is 8.28. The summed E-state index contributed by atoms with van der Waals surface area (Å²) in [5.74, 6) is 0.258. The average Bonchev–Trinajstić information content (AvgIpc) is 2.88. The standard InChI is InChI=1S/C11H15NO3S2/c1-2-12(9-5-7-17(14,15)8-9)11(13)10-4-3-6-16-10/h3-4,6,9H,2,5,7-8H2,1H3/t9-/m1/s1. The van der Waals surface area contributed by atoms with Gasteiger partial charge in [-0.1, -0.05) is 6.07 Å². The number of amides is 1. The quantitative estimate of drug-likeness (QED) is 0.836. The Bertz CT molecular complexity index is 493. The molecular weight excluding hydrogens is 258 g/mol. The zero-order valence-corrected chi connectivity index (χ0v) is 11.3. The molecule has 1 fully saturated rings. The molecule has 1 saturated heterocycles. The molecule has 0 radical (unpaired) electrons. The molecule has 0 N–H and O–H groups in total. The van der Waals surface area contributed by atoms with Crippen LogP contribution >= 0.6 is 11.3 Å². The fourth-order valence-corrected chi connectivity index (χ4v) is 4.54. The Balaban J connectivity index is 2.15. The summed E-state index contributed by atoms with van der Waals surface area (Å²) in [6.45, 7) is 2.44. The molecule has 2 rings (SSSR count). The summed E-state index contributed by atoms with van der Waals surface area (Å²) >= 11 is 1.39. The van der Waals surface area contributed by atoms with E-state index in [1.807, 2.05) is 18.4 Å². The van der Waals surface area contributed by atoms with Gasteiger partial charge in [-0.2, -0.15) is 0 Å². The van der Waals surface area contributed by atoms with E-state index in [1.165, 1.54) is 11.3 Å². The lowest BCUT2D eigenvalue weighted by molar-refractivity contribution is 0.0713. The molecule has 0 aliphatic carbocycles. The van der Waals surface area contributed by atoms with Crippen molar-refractivity contribution < 1.29 is 13.2 Å². The summed E-state index contributed by atoms with van der Waals surface area (Å²) in [6, 6.07) is 3.45. The number of sulfone groups is 1. The van der Waals surface area contributed by atoms with Gasteiger partial charge in [-0.05, 0) is 24.8 Å². The molecule has 0 spiro atoms. The van der Waals surface area contributed by atoms with Crippen molar-refractivity contribution in [1.29, 1.82) is 0 Å². The van der Waals surface area contributed by atoms with Crippen LogP contribution < -0.4 is 0 Å². The molecule has 4 nitrogen and oxygen atoms in total. The molecule has 1 aliphatic rings. The molecule has 1 aromatic heterocycles. The summed E-state index contributed by atoms with van der Waals surface area (Å²) in [7, 11) is -2.94. The second kappa shape index (κ2) is 4.78. The van der Waals surface area contributed by atoms with Crippen LogP contribution in [0.15, 0.2) is 17.5 Å². The molecule has 1 aliphatic heterocycles. The topological polar surface area (TPSA) is 54.5 Å². The van der Waals surface area contributed by atoms with Crippen LogP contribution in [0, 0.1) is 0 Å². The highest BCUT2D eigenvalue weighted by atomic mass is 32.2. The number of hydrogen-bond donors (Lipinski definition) is 0. The first-order chi connectivity index (χ1) is 8.03. The highest BCUT2D eigenvalue weighted by Gasteiger charge is 2.34. The van der Waals surface area contributed by atoms with Gasteiger partial charge < -0.3 is 4.90 Å². The van der Waals surface area contributed by atoms with Gasteiger partial charge in [0.2, 0.25) is 0 Å². The molecule has 0 saturated carbocycles. The number of hydrogen-bond acceptors (Lipinski definition) is 4. The highest BCUT2D eigenvalue weighted by molar-refractivity contribution is 7.91. The minimum absolute atomic E-state index is 0.0513. The van der Waals surface area contributed by atoms with Crippen LogP contribution in [0.1, 0.15) is 23.0 Å². The lowest BCUT2D eigenvalue weighted by Gasteiger charge is -2.26. The Morgan fingerprint density at radius 2 is 2.35 bits per heavy atom. The monoisotopic (exact) mass is 273 g/mol. The number of rotatable bonds is 3. The largest absolute Gasteiger partial charge is 0.334 e. The van der Waals surface area contributed by atoms with Crippen LogP contribution in [-0.2, 0) is 9.84 Å². The molecule has 0 aromatic carbocycles. The van der Waals surface area contributed by atoms with Crippen LogP contribution in [0.5, 0.6) is 0 Å². The summed E-state index contributed by atoms with van der Waals surface area (Å²) in [6.07, 6.45) is 0.563. The van der Waals surface area contributed by atoms with E-state index >= 15 is 0 Å². The van der Waals surface area contributed by atoms with Gasteiger partial charge in [0, 0.05) is 12.6 Å². The number of nitrogens with zero attached hydrogens (tertiary/aromatic N) is 1. The smallest absolute Gasteiger partial charge is 0.264 e. The van der Waals surface area contributed by atoms with Crippen LogP contribution in [0.2, 0.25) is 0 Å². The molecule has 1 aromatic rings. The Morgan fingerprint density at radius 1 is 1.59 bits per heavy atom. The van der Waals surface area contributed by atoms with Crippen molar-refractivity contribution in [1.82, 2.24) is 4.90 Å². The molecule has 0 bridgehead atoms. The van der Waals surface area contributed by atoms with Crippen LogP contribution in [0.3, 0.4) is 0 Å². The van der Waals surface area contributed by atoms with E-state index < -0.39 is 9.84 Å². The summed E-state index contributed by atoms with van der Waals surface area (Å²) in [4.78, 5) is 14.5. The first-order valence-electron chi connectivity index (χ1n) is 5.58. The van der Waals surface area contributed by atoms with Gasteiger partial charge in [-0.3, -0.25) is 4.79 Å². The maximum atomic E-state index is 12.2. The second-order valence-electron chi connectivity index (χ2n) is 4.13. The predicted octanol–water partition coefficient (Wildman–Crippen LogP) is 1.40. The molecule has 1 amide bonds. The summed E-state index contributed by atoms with van der Waals surface area (Å²) in [5, 5.41) is 1.85. The Hall–Kier alpha value is -0.880. The van der Waals surface area contributed by atoms with Gasteiger partial charge in [-0.15, -0.1) is 11.3 Å². The third-order valence-corrected chi connectivity index (χ3v) is 5.59. The maximum absolute atomic E-state index is 12.2. The molecule has 17 heavy (non-hydrogen) atoms. The van der Waals surface area contributed by atoms with Crippen LogP contribution in [0.25, 0.3) is 0 Å². The number of thiophene rings is 1. The van der Waals surface area contributed by atoms with Gasteiger partial charge in [0.25, 0.3) is 5.91 Å². The summed E-state index contributed by atoms with van der Waals surface area (Å²) in [5.41, 5.74) is 0. The molecule has 0 unspecified atom stereocenters. The molecule has 94 valence electrons. The third-order valence-electron chi connectivity index (χ3n) is 2.98. The lowest BCUT2D eigenvalue weighted by atomic mass is 10.2. The number of carbonyl (C=O) groups excluding carboxylic acids is 1. The van der Waals surface area contributed by atoms with Crippen molar-refractivity contribution in [3.63, 3.8) is 0 Å². The van der Waals surface area contributed by atoms with Crippen molar-refractivity contribution in [3.05, 3.63) is 22.4 Å². The van der Waals surface area contributed by atoms with E-state index in [1.54, 1.807) is 11.0 Å².